The second-order valence-corrected chi connectivity index (χ2v) is 6.01. The average molecular weight is 420 g/mol. The minimum atomic E-state index is -4.40. The second-order valence-electron chi connectivity index (χ2n) is 4.92. The molecule has 0 aliphatic heterocycles. The SMILES string of the molecule is COCCOCCOCCOCCOCCOCCOCCOS(=O)(=O)O. The van der Waals surface area contributed by atoms with E-state index in [1.807, 2.05) is 0 Å². The van der Waals surface area contributed by atoms with E-state index in [2.05, 4.69) is 4.18 Å². The van der Waals surface area contributed by atoms with Crippen molar-refractivity contribution in [2.45, 2.75) is 0 Å². The third-order valence-corrected chi connectivity index (χ3v) is 3.22. The van der Waals surface area contributed by atoms with Crippen molar-refractivity contribution in [2.75, 3.05) is 99.6 Å². The van der Waals surface area contributed by atoms with E-state index in [4.69, 9.17) is 37.7 Å². The van der Waals surface area contributed by atoms with E-state index in [1.54, 1.807) is 7.11 Å². The van der Waals surface area contributed by atoms with Gasteiger partial charge in [-0.2, -0.15) is 8.42 Å². The van der Waals surface area contributed by atoms with Crippen molar-refractivity contribution in [2.24, 2.45) is 0 Å². The van der Waals surface area contributed by atoms with Gasteiger partial charge in [0.2, 0.25) is 0 Å². The summed E-state index contributed by atoms with van der Waals surface area (Å²) in [5, 5.41) is 0. The molecule has 0 radical (unpaired) electrons. The third-order valence-electron chi connectivity index (χ3n) is 2.75. The summed E-state index contributed by atoms with van der Waals surface area (Å²) >= 11 is 0. The molecule has 0 heterocycles. The molecule has 164 valence electrons. The lowest BCUT2D eigenvalue weighted by Crippen LogP contribution is -2.15. The van der Waals surface area contributed by atoms with Gasteiger partial charge in [0, 0.05) is 7.11 Å². The van der Waals surface area contributed by atoms with Crippen LogP contribution in [0.15, 0.2) is 0 Å². The first-order valence-corrected chi connectivity index (χ1v) is 10.00. The first-order valence-electron chi connectivity index (χ1n) is 8.63. The summed E-state index contributed by atoms with van der Waals surface area (Å²) in [6.07, 6.45) is 0. The molecule has 0 atom stereocenters. The van der Waals surface area contributed by atoms with Crippen LogP contribution < -0.4 is 0 Å². The monoisotopic (exact) mass is 420 g/mol. The molecule has 0 amide bonds. The Kier molecular flexibility index (Phi) is 20.0. The summed E-state index contributed by atoms with van der Waals surface area (Å²) in [5.41, 5.74) is 0. The zero-order chi connectivity index (χ0) is 20.1. The first kappa shape index (κ1) is 26.6. The molecule has 0 rings (SSSR count). The van der Waals surface area contributed by atoms with Gasteiger partial charge in [0.1, 0.15) is 0 Å². The molecule has 0 aromatic carbocycles. The van der Waals surface area contributed by atoms with Crippen molar-refractivity contribution in [1.82, 2.24) is 0 Å². The Morgan fingerprint density at radius 1 is 0.519 bits per heavy atom. The molecular formula is C15H32O11S. The lowest BCUT2D eigenvalue weighted by atomic mass is 10.6. The van der Waals surface area contributed by atoms with Crippen molar-refractivity contribution in [1.29, 1.82) is 0 Å². The van der Waals surface area contributed by atoms with Crippen LogP contribution in [0.1, 0.15) is 0 Å². The normalized spacial score (nSPS) is 11.9. The largest absolute Gasteiger partial charge is 0.397 e. The summed E-state index contributed by atoms with van der Waals surface area (Å²) in [7, 11) is -2.78. The van der Waals surface area contributed by atoms with E-state index in [0.29, 0.717) is 72.7 Å². The molecule has 0 bridgehead atoms. The van der Waals surface area contributed by atoms with E-state index < -0.39 is 10.4 Å². The van der Waals surface area contributed by atoms with Crippen LogP contribution in [-0.2, 0) is 47.7 Å². The fourth-order valence-corrected chi connectivity index (χ4v) is 1.82. The molecule has 0 aliphatic carbocycles. The Labute approximate surface area is 161 Å². The van der Waals surface area contributed by atoms with Crippen molar-refractivity contribution in [3.05, 3.63) is 0 Å². The topological polar surface area (TPSA) is 128 Å². The van der Waals surface area contributed by atoms with Gasteiger partial charge in [-0.1, -0.05) is 0 Å². The lowest BCUT2D eigenvalue weighted by molar-refractivity contribution is -0.0199. The van der Waals surface area contributed by atoms with Gasteiger partial charge >= 0.3 is 10.4 Å². The molecular weight excluding hydrogens is 388 g/mol. The van der Waals surface area contributed by atoms with Crippen LogP contribution in [0.2, 0.25) is 0 Å². The summed E-state index contributed by atoms with van der Waals surface area (Å²) in [6.45, 7) is 5.44. The van der Waals surface area contributed by atoms with E-state index in [-0.39, 0.29) is 19.8 Å². The highest BCUT2D eigenvalue weighted by molar-refractivity contribution is 7.80. The highest BCUT2D eigenvalue weighted by Gasteiger charge is 2.02. The Bertz CT molecular complexity index is 391. The smallest absolute Gasteiger partial charge is 0.382 e. The summed E-state index contributed by atoms with van der Waals surface area (Å²) < 4.78 is 69.3. The second kappa shape index (κ2) is 20.3. The average Bonchev–Trinajstić information content (AvgIpc) is 2.62. The van der Waals surface area contributed by atoms with Gasteiger partial charge in [0.15, 0.2) is 0 Å². The predicted molar refractivity (Wildman–Crippen MR) is 94.3 cm³/mol. The predicted octanol–water partition coefficient (Wildman–Crippen LogP) is -0.448. The van der Waals surface area contributed by atoms with Crippen LogP contribution in [-0.4, -0.2) is 113 Å². The third kappa shape index (κ3) is 25.6. The van der Waals surface area contributed by atoms with Crippen LogP contribution >= 0.6 is 0 Å². The molecule has 1 N–H and O–H groups in total. The van der Waals surface area contributed by atoms with Crippen LogP contribution in [0.4, 0.5) is 0 Å². The first-order chi connectivity index (χ1) is 13.1. The molecule has 0 aliphatic rings. The van der Waals surface area contributed by atoms with Crippen LogP contribution in [0.5, 0.6) is 0 Å². The van der Waals surface area contributed by atoms with Gasteiger partial charge in [-0.05, 0) is 0 Å². The number of rotatable bonds is 22. The maximum absolute atomic E-state index is 10.2. The standard InChI is InChI=1S/C15H32O11S/c1-19-2-3-20-4-5-21-6-7-22-8-9-23-10-11-24-12-13-25-14-15-26-27(16,17)18/h2-15H2,1H3,(H,16,17,18). The van der Waals surface area contributed by atoms with E-state index in [1.165, 1.54) is 0 Å². The van der Waals surface area contributed by atoms with E-state index >= 15 is 0 Å². The molecule has 11 nitrogen and oxygen atoms in total. The van der Waals surface area contributed by atoms with Crippen molar-refractivity contribution < 1.29 is 50.3 Å². The molecule has 0 saturated heterocycles. The Morgan fingerprint density at radius 2 is 0.778 bits per heavy atom. The zero-order valence-electron chi connectivity index (χ0n) is 15.8. The van der Waals surface area contributed by atoms with Crippen LogP contribution in [0, 0.1) is 0 Å². The molecule has 12 heteroatoms. The van der Waals surface area contributed by atoms with Crippen LogP contribution in [0.3, 0.4) is 0 Å². The van der Waals surface area contributed by atoms with E-state index in [9.17, 15) is 8.42 Å². The number of methoxy groups -OCH3 is 1. The van der Waals surface area contributed by atoms with Gasteiger partial charge in [-0.25, -0.2) is 4.18 Å². The highest BCUT2D eigenvalue weighted by Crippen LogP contribution is 1.87. The summed E-state index contributed by atoms with van der Waals surface area (Å²) in [5.74, 6) is 0. The van der Waals surface area contributed by atoms with Crippen molar-refractivity contribution >= 4 is 10.4 Å². The van der Waals surface area contributed by atoms with Gasteiger partial charge < -0.3 is 33.2 Å². The fourth-order valence-electron chi connectivity index (χ4n) is 1.54. The molecule has 0 aromatic heterocycles. The van der Waals surface area contributed by atoms with Crippen molar-refractivity contribution in [3.8, 4) is 0 Å². The van der Waals surface area contributed by atoms with Crippen molar-refractivity contribution in [3.63, 3.8) is 0 Å². The summed E-state index contributed by atoms with van der Waals surface area (Å²) in [6, 6.07) is 0. The molecule has 0 fully saturated rings. The van der Waals surface area contributed by atoms with Gasteiger partial charge in [0.25, 0.3) is 0 Å². The Hall–Kier alpha value is -0.410. The number of hydrogen-bond donors (Lipinski definition) is 1. The quantitative estimate of drug-likeness (QED) is 0.181. The highest BCUT2D eigenvalue weighted by atomic mass is 32.3. The van der Waals surface area contributed by atoms with E-state index in [0.717, 1.165) is 0 Å². The van der Waals surface area contributed by atoms with Gasteiger partial charge in [-0.15, -0.1) is 0 Å². The maximum Gasteiger partial charge on any atom is 0.397 e. The zero-order valence-corrected chi connectivity index (χ0v) is 16.7. The number of hydrogen-bond acceptors (Lipinski definition) is 10. The molecule has 0 saturated carbocycles. The van der Waals surface area contributed by atoms with Gasteiger partial charge in [0.05, 0.1) is 92.5 Å². The minimum absolute atomic E-state index is 0.0432. The minimum Gasteiger partial charge on any atom is -0.382 e. The number of ether oxygens (including phenoxy) is 7. The molecule has 27 heavy (non-hydrogen) atoms. The molecule has 0 aromatic rings. The Balaban J connectivity index is 3.03. The molecule has 0 spiro atoms. The molecule has 0 unspecified atom stereocenters. The fraction of sp³-hybridized carbons (Fsp3) is 1.00. The maximum atomic E-state index is 10.2. The lowest BCUT2D eigenvalue weighted by Gasteiger charge is -2.08. The van der Waals surface area contributed by atoms with Crippen LogP contribution in [0.25, 0.3) is 0 Å². The Morgan fingerprint density at radius 3 is 1.04 bits per heavy atom. The summed E-state index contributed by atoms with van der Waals surface area (Å²) in [4.78, 5) is 0. The van der Waals surface area contributed by atoms with Gasteiger partial charge in [-0.3, -0.25) is 4.55 Å².